The van der Waals surface area contributed by atoms with Gasteiger partial charge in [0.25, 0.3) is 0 Å². The molecule has 0 aromatic heterocycles. The highest BCUT2D eigenvalue weighted by atomic mass is 16.6. The number of carbonyl (C=O) groups is 3. The summed E-state index contributed by atoms with van der Waals surface area (Å²) in [6, 6.07) is 0. The van der Waals surface area contributed by atoms with Crippen LogP contribution in [0.3, 0.4) is 0 Å². The summed E-state index contributed by atoms with van der Waals surface area (Å²) in [6.07, 6.45) is 63.8. The van der Waals surface area contributed by atoms with Crippen LogP contribution in [0.1, 0.15) is 284 Å². The maximum Gasteiger partial charge on any atom is 0.306 e. The van der Waals surface area contributed by atoms with Gasteiger partial charge in [0.05, 0.1) is 0 Å². The van der Waals surface area contributed by atoms with E-state index in [0.717, 1.165) is 83.5 Å². The van der Waals surface area contributed by atoms with Crippen molar-refractivity contribution in [1.29, 1.82) is 0 Å². The summed E-state index contributed by atoms with van der Waals surface area (Å²) in [4.78, 5) is 38.0. The molecule has 0 aromatic rings. The standard InChI is InChI=1S/C58H104O6/c1-4-7-10-13-16-19-22-25-27-29-31-33-36-39-42-45-48-51-57(60)63-54-55(53-62-56(59)50-47-44-41-38-35-24-21-18-15-12-9-6-3)64-58(61)52-49-46-43-40-37-34-32-30-28-26-23-20-17-14-11-8-5-2/h9,12,18,21,25-28,55H,4-8,10-11,13-17,19-20,22-24,29-54H2,1-3H3/b12-9-,21-18-,27-25-,28-26-. The molecule has 0 N–H and O–H groups in total. The van der Waals surface area contributed by atoms with E-state index in [2.05, 4.69) is 69.4 Å². The molecule has 6 heteroatoms. The van der Waals surface area contributed by atoms with Crippen molar-refractivity contribution in [3.63, 3.8) is 0 Å². The molecule has 0 aromatic carbocycles. The highest BCUT2D eigenvalue weighted by Gasteiger charge is 2.19. The maximum absolute atomic E-state index is 12.8. The second-order valence-corrected chi connectivity index (χ2v) is 18.5. The average molecular weight is 897 g/mol. The second kappa shape index (κ2) is 53.0. The Balaban J connectivity index is 4.36. The van der Waals surface area contributed by atoms with Gasteiger partial charge in [-0.25, -0.2) is 0 Å². The van der Waals surface area contributed by atoms with Crippen LogP contribution in [0.5, 0.6) is 0 Å². The molecule has 0 rings (SSSR count). The van der Waals surface area contributed by atoms with Gasteiger partial charge in [-0.1, -0.05) is 217 Å². The monoisotopic (exact) mass is 897 g/mol. The van der Waals surface area contributed by atoms with E-state index < -0.39 is 6.10 Å². The van der Waals surface area contributed by atoms with Crippen LogP contribution in [-0.2, 0) is 28.6 Å². The second-order valence-electron chi connectivity index (χ2n) is 18.5. The predicted molar refractivity (Wildman–Crippen MR) is 275 cm³/mol. The first-order valence-corrected chi connectivity index (χ1v) is 27.6. The Morgan fingerprint density at radius 3 is 0.953 bits per heavy atom. The van der Waals surface area contributed by atoms with Gasteiger partial charge in [0, 0.05) is 19.3 Å². The Kier molecular flexibility index (Phi) is 50.8. The quantitative estimate of drug-likeness (QED) is 0.0262. The fraction of sp³-hybridized carbons (Fsp3) is 0.810. The lowest BCUT2D eigenvalue weighted by molar-refractivity contribution is -0.167. The summed E-state index contributed by atoms with van der Waals surface area (Å²) in [6.45, 7) is 6.52. The zero-order chi connectivity index (χ0) is 46.5. The Morgan fingerprint density at radius 1 is 0.328 bits per heavy atom. The number of allylic oxidation sites excluding steroid dienone is 8. The largest absolute Gasteiger partial charge is 0.462 e. The number of ether oxygens (including phenoxy) is 3. The topological polar surface area (TPSA) is 78.9 Å². The van der Waals surface area contributed by atoms with E-state index in [4.69, 9.17) is 14.2 Å². The van der Waals surface area contributed by atoms with E-state index in [9.17, 15) is 14.4 Å². The van der Waals surface area contributed by atoms with Gasteiger partial charge in [0.15, 0.2) is 6.10 Å². The Hall–Kier alpha value is -2.63. The molecule has 64 heavy (non-hydrogen) atoms. The third kappa shape index (κ3) is 50.4. The van der Waals surface area contributed by atoms with Crippen LogP contribution in [-0.4, -0.2) is 37.2 Å². The Bertz CT molecular complexity index is 1120. The van der Waals surface area contributed by atoms with Gasteiger partial charge in [-0.2, -0.15) is 0 Å². The minimum atomic E-state index is -0.781. The third-order valence-corrected chi connectivity index (χ3v) is 12.0. The molecule has 6 nitrogen and oxygen atoms in total. The molecule has 0 fully saturated rings. The van der Waals surface area contributed by atoms with E-state index in [0.29, 0.717) is 19.3 Å². The fourth-order valence-corrected chi connectivity index (χ4v) is 7.88. The summed E-state index contributed by atoms with van der Waals surface area (Å²) >= 11 is 0. The number of hydrogen-bond donors (Lipinski definition) is 0. The van der Waals surface area contributed by atoms with Gasteiger partial charge in [0.1, 0.15) is 13.2 Å². The molecule has 0 bridgehead atoms. The molecule has 0 saturated heterocycles. The van der Waals surface area contributed by atoms with Crippen molar-refractivity contribution in [3.05, 3.63) is 48.6 Å². The Morgan fingerprint density at radius 2 is 0.609 bits per heavy atom. The smallest absolute Gasteiger partial charge is 0.306 e. The van der Waals surface area contributed by atoms with Crippen molar-refractivity contribution in [2.45, 2.75) is 290 Å². The molecule has 0 amide bonds. The van der Waals surface area contributed by atoms with Crippen molar-refractivity contribution in [2.24, 2.45) is 0 Å². The molecular weight excluding hydrogens is 793 g/mol. The molecule has 0 saturated carbocycles. The molecule has 0 spiro atoms. The van der Waals surface area contributed by atoms with Crippen molar-refractivity contribution in [2.75, 3.05) is 13.2 Å². The normalized spacial score (nSPS) is 12.4. The predicted octanol–water partition coefficient (Wildman–Crippen LogP) is 18.3. The lowest BCUT2D eigenvalue weighted by atomic mass is 10.1. The van der Waals surface area contributed by atoms with Crippen LogP contribution in [0.25, 0.3) is 0 Å². The molecule has 0 aliphatic carbocycles. The summed E-state index contributed by atoms with van der Waals surface area (Å²) in [7, 11) is 0. The summed E-state index contributed by atoms with van der Waals surface area (Å²) in [5.41, 5.74) is 0. The number of esters is 3. The van der Waals surface area contributed by atoms with E-state index in [1.165, 1.54) is 161 Å². The van der Waals surface area contributed by atoms with Crippen molar-refractivity contribution >= 4 is 17.9 Å². The first-order valence-electron chi connectivity index (χ1n) is 27.6. The summed E-state index contributed by atoms with van der Waals surface area (Å²) in [5.74, 6) is -0.894. The van der Waals surface area contributed by atoms with Gasteiger partial charge < -0.3 is 14.2 Å². The molecular formula is C58H104O6. The number of rotatable bonds is 50. The molecule has 1 unspecified atom stereocenters. The van der Waals surface area contributed by atoms with Gasteiger partial charge in [-0.15, -0.1) is 0 Å². The van der Waals surface area contributed by atoms with Gasteiger partial charge in [-0.05, 0) is 96.3 Å². The van der Waals surface area contributed by atoms with Gasteiger partial charge in [0.2, 0.25) is 0 Å². The van der Waals surface area contributed by atoms with Crippen LogP contribution in [0.15, 0.2) is 48.6 Å². The molecule has 1 atom stereocenters. The third-order valence-electron chi connectivity index (χ3n) is 12.0. The molecule has 0 aliphatic heterocycles. The highest BCUT2D eigenvalue weighted by molar-refractivity contribution is 5.71. The van der Waals surface area contributed by atoms with Crippen LogP contribution in [0, 0.1) is 0 Å². The van der Waals surface area contributed by atoms with Crippen LogP contribution >= 0.6 is 0 Å². The SMILES string of the molecule is CC/C=C\C/C=C\CCCCCCCC(=O)OCC(COC(=O)CCCCCCCCC/C=C\CCCCCCCC)OC(=O)CCCCCCCCC/C=C\CCCCCCCC. The summed E-state index contributed by atoms with van der Waals surface area (Å²) < 4.78 is 16.8. The van der Waals surface area contributed by atoms with E-state index >= 15 is 0 Å². The maximum atomic E-state index is 12.8. The first-order chi connectivity index (χ1) is 31.5. The summed E-state index contributed by atoms with van der Waals surface area (Å²) in [5, 5.41) is 0. The molecule has 0 radical (unpaired) electrons. The van der Waals surface area contributed by atoms with Crippen LogP contribution in [0.2, 0.25) is 0 Å². The van der Waals surface area contributed by atoms with E-state index in [1.807, 2.05) is 0 Å². The minimum absolute atomic E-state index is 0.0805. The first kappa shape index (κ1) is 61.4. The molecule has 0 aliphatic rings. The van der Waals surface area contributed by atoms with Crippen LogP contribution < -0.4 is 0 Å². The average Bonchev–Trinajstić information content (AvgIpc) is 3.29. The van der Waals surface area contributed by atoms with Crippen molar-refractivity contribution < 1.29 is 28.6 Å². The van der Waals surface area contributed by atoms with Gasteiger partial charge >= 0.3 is 17.9 Å². The van der Waals surface area contributed by atoms with Crippen molar-refractivity contribution in [3.8, 4) is 0 Å². The Labute approximate surface area is 397 Å². The highest BCUT2D eigenvalue weighted by Crippen LogP contribution is 2.15. The zero-order valence-corrected chi connectivity index (χ0v) is 42.6. The number of unbranched alkanes of at least 4 members (excludes halogenated alkanes) is 31. The lowest BCUT2D eigenvalue weighted by Crippen LogP contribution is -2.30. The van der Waals surface area contributed by atoms with Gasteiger partial charge in [-0.3, -0.25) is 14.4 Å². The van der Waals surface area contributed by atoms with E-state index in [-0.39, 0.29) is 31.1 Å². The zero-order valence-electron chi connectivity index (χ0n) is 42.6. The molecule has 372 valence electrons. The molecule has 0 heterocycles. The van der Waals surface area contributed by atoms with E-state index in [1.54, 1.807) is 0 Å². The lowest BCUT2D eigenvalue weighted by Gasteiger charge is -2.18. The number of hydrogen-bond acceptors (Lipinski definition) is 6. The van der Waals surface area contributed by atoms with Crippen LogP contribution in [0.4, 0.5) is 0 Å². The minimum Gasteiger partial charge on any atom is -0.462 e. The fourth-order valence-electron chi connectivity index (χ4n) is 7.88. The van der Waals surface area contributed by atoms with Crippen molar-refractivity contribution in [1.82, 2.24) is 0 Å². The number of carbonyl (C=O) groups excluding carboxylic acids is 3.